The van der Waals surface area contributed by atoms with E-state index in [1.54, 1.807) is 0 Å². The number of hydrogen-bond donors (Lipinski definition) is 1. The molecule has 0 aromatic carbocycles. The number of nitrogens with zero attached hydrogens (tertiary/aromatic N) is 3. The molecule has 0 saturated carbocycles. The first kappa shape index (κ1) is 19.7. The molecule has 0 aliphatic carbocycles. The van der Waals surface area contributed by atoms with Crippen molar-refractivity contribution < 1.29 is 13.2 Å². The maximum Gasteiger partial charge on any atom is 0.403 e. The molecule has 1 N–H and O–H groups in total. The van der Waals surface area contributed by atoms with Crippen molar-refractivity contribution >= 4 is 17.7 Å². The van der Waals surface area contributed by atoms with Crippen LogP contribution in [0.15, 0.2) is 4.99 Å². The van der Waals surface area contributed by atoms with Crippen molar-refractivity contribution in [2.75, 3.05) is 50.8 Å². The third-order valence-electron chi connectivity index (χ3n) is 4.81. The van der Waals surface area contributed by atoms with E-state index in [0.29, 0.717) is 32.1 Å². The van der Waals surface area contributed by atoms with Gasteiger partial charge >= 0.3 is 6.18 Å². The van der Waals surface area contributed by atoms with E-state index in [1.165, 1.54) is 36.2 Å². The van der Waals surface area contributed by atoms with Crippen molar-refractivity contribution in [2.24, 2.45) is 10.9 Å². The summed E-state index contributed by atoms with van der Waals surface area (Å²) in [7, 11) is 0. The van der Waals surface area contributed by atoms with Crippen LogP contribution in [-0.4, -0.2) is 78.8 Å². The molecule has 2 aliphatic heterocycles. The molecule has 4 nitrogen and oxygen atoms in total. The van der Waals surface area contributed by atoms with E-state index < -0.39 is 12.2 Å². The number of halogens is 3. The summed E-state index contributed by atoms with van der Waals surface area (Å²) < 4.78 is 38.5. The Kier molecular flexibility index (Phi) is 7.53. The Hall–Kier alpha value is -0.630. The Balaban J connectivity index is 1.88. The summed E-state index contributed by atoms with van der Waals surface area (Å²) in [6.45, 7) is 6.89. The van der Waals surface area contributed by atoms with Crippen LogP contribution in [0.25, 0.3) is 0 Å². The van der Waals surface area contributed by atoms with Crippen LogP contribution in [0, 0.1) is 5.92 Å². The van der Waals surface area contributed by atoms with E-state index in [0.717, 1.165) is 19.0 Å². The van der Waals surface area contributed by atoms with E-state index in [2.05, 4.69) is 10.2 Å². The standard InChI is InChI=1S/C16H29F3N4S/c1-3-20-15(21-12-14-4-10-24-11-5-14)23-8-6-22(7-9-23)13(2)16(17,18)19/h13-14H,3-12H2,1-2H3,(H,20,21). The third kappa shape index (κ3) is 5.72. The monoisotopic (exact) mass is 366 g/mol. The Morgan fingerprint density at radius 3 is 2.38 bits per heavy atom. The minimum Gasteiger partial charge on any atom is -0.357 e. The van der Waals surface area contributed by atoms with Crippen LogP contribution < -0.4 is 5.32 Å². The first-order valence-corrected chi connectivity index (χ1v) is 9.99. The van der Waals surface area contributed by atoms with Crippen molar-refractivity contribution in [3.8, 4) is 0 Å². The highest BCUT2D eigenvalue weighted by Gasteiger charge is 2.41. The molecule has 0 aromatic rings. The van der Waals surface area contributed by atoms with Gasteiger partial charge in [-0.1, -0.05) is 0 Å². The molecule has 0 bridgehead atoms. The van der Waals surface area contributed by atoms with Crippen LogP contribution in [0.2, 0.25) is 0 Å². The lowest BCUT2D eigenvalue weighted by molar-refractivity contribution is -0.181. The van der Waals surface area contributed by atoms with E-state index in [-0.39, 0.29) is 0 Å². The maximum absolute atomic E-state index is 12.8. The number of rotatable bonds is 4. The molecule has 2 saturated heterocycles. The zero-order valence-electron chi connectivity index (χ0n) is 14.6. The molecule has 8 heteroatoms. The van der Waals surface area contributed by atoms with Crippen LogP contribution in [0.3, 0.4) is 0 Å². The van der Waals surface area contributed by atoms with Gasteiger partial charge in [-0.2, -0.15) is 24.9 Å². The summed E-state index contributed by atoms with van der Waals surface area (Å²) in [4.78, 5) is 8.37. The van der Waals surface area contributed by atoms with E-state index in [9.17, 15) is 13.2 Å². The molecule has 140 valence electrons. The minimum atomic E-state index is -4.15. The van der Waals surface area contributed by atoms with E-state index in [1.807, 2.05) is 18.7 Å². The number of thioether (sulfide) groups is 1. The highest BCUT2D eigenvalue weighted by atomic mass is 32.2. The summed E-state index contributed by atoms with van der Waals surface area (Å²) in [5.41, 5.74) is 0. The summed E-state index contributed by atoms with van der Waals surface area (Å²) >= 11 is 2.00. The molecular weight excluding hydrogens is 337 g/mol. The molecule has 0 spiro atoms. The second kappa shape index (κ2) is 9.17. The molecule has 24 heavy (non-hydrogen) atoms. The van der Waals surface area contributed by atoms with Crippen molar-refractivity contribution in [2.45, 2.75) is 38.9 Å². The number of hydrogen-bond acceptors (Lipinski definition) is 3. The average molecular weight is 366 g/mol. The molecule has 2 aliphatic rings. The zero-order valence-corrected chi connectivity index (χ0v) is 15.4. The first-order chi connectivity index (χ1) is 11.4. The number of nitrogens with one attached hydrogen (secondary N) is 1. The number of alkyl halides is 3. The SMILES string of the molecule is CCNC(=NCC1CCSCC1)N1CCN(C(C)C(F)(F)F)CC1. The van der Waals surface area contributed by atoms with Gasteiger partial charge in [-0.15, -0.1) is 0 Å². The topological polar surface area (TPSA) is 30.9 Å². The van der Waals surface area contributed by atoms with Gasteiger partial charge in [-0.05, 0) is 44.1 Å². The second-order valence-corrected chi connectivity index (χ2v) is 7.72. The van der Waals surface area contributed by atoms with Gasteiger partial charge in [0.1, 0.15) is 6.04 Å². The fourth-order valence-electron chi connectivity index (χ4n) is 3.10. The van der Waals surface area contributed by atoms with Gasteiger partial charge in [0, 0.05) is 39.3 Å². The van der Waals surface area contributed by atoms with Crippen LogP contribution in [0.1, 0.15) is 26.7 Å². The summed E-state index contributed by atoms with van der Waals surface area (Å²) in [5.74, 6) is 3.93. The first-order valence-electron chi connectivity index (χ1n) is 8.83. The maximum atomic E-state index is 12.8. The normalized spacial score (nSPS) is 23.4. The number of aliphatic imine (C=N–C) groups is 1. The van der Waals surface area contributed by atoms with Crippen LogP contribution >= 0.6 is 11.8 Å². The molecule has 0 amide bonds. The van der Waals surface area contributed by atoms with Crippen LogP contribution in [0.5, 0.6) is 0 Å². The lowest BCUT2D eigenvalue weighted by Gasteiger charge is -2.39. The van der Waals surface area contributed by atoms with Crippen LogP contribution in [0.4, 0.5) is 13.2 Å². The van der Waals surface area contributed by atoms with Gasteiger partial charge in [0.2, 0.25) is 0 Å². The summed E-state index contributed by atoms with van der Waals surface area (Å²) in [6.07, 6.45) is -1.73. The quantitative estimate of drug-likeness (QED) is 0.612. The van der Waals surface area contributed by atoms with E-state index in [4.69, 9.17) is 4.99 Å². The van der Waals surface area contributed by atoms with Gasteiger partial charge in [0.25, 0.3) is 0 Å². The predicted molar refractivity (Wildman–Crippen MR) is 94.7 cm³/mol. The van der Waals surface area contributed by atoms with Gasteiger partial charge in [0.15, 0.2) is 5.96 Å². The molecule has 1 unspecified atom stereocenters. The van der Waals surface area contributed by atoms with Gasteiger partial charge in [0.05, 0.1) is 0 Å². The highest BCUT2D eigenvalue weighted by Crippen LogP contribution is 2.25. The lowest BCUT2D eigenvalue weighted by atomic mass is 10.0. The highest BCUT2D eigenvalue weighted by molar-refractivity contribution is 7.99. The lowest BCUT2D eigenvalue weighted by Crippen LogP contribution is -2.56. The van der Waals surface area contributed by atoms with Crippen molar-refractivity contribution in [3.05, 3.63) is 0 Å². The predicted octanol–water partition coefficient (Wildman–Crippen LogP) is 2.66. The molecular formula is C16H29F3N4S. The summed E-state index contributed by atoms with van der Waals surface area (Å²) in [6, 6.07) is -1.38. The molecule has 0 aromatic heterocycles. The van der Waals surface area contributed by atoms with Crippen molar-refractivity contribution in [1.29, 1.82) is 0 Å². The number of piperazine rings is 1. The zero-order chi connectivity index (χ0) is 17.6. The van der Waals surface area contributed by atoms with Gasteiger partial charge in [-0.3, -0.25) is 9.89 Å². The molecule has 2 fully saturated rings. The smallest absolute Gasteiger partial charge is 0.357 e. The van der Waals surface area contributed by atoms with Crippen LogP contribution in [-0.2, 0) is 0 Å². The second-order valence-electron chi connectivity index (χ2n) is 6.49. The van der Waals surface area contributed by atoms with Crippen molar-refractivity contribution in [3.63, 3.8) is 0 Å². The molecule has 2 rings (SSSR count). The molecule has 2 heterocycles. The fourth-order valence-corrected chi connectivity index (χ4v) is 4.30. The number of guanidine groups is 1. The Morgan fingerprint density at radius 1 is 1.21 bits per heavy atom. The fraction of sp³-hybridized carbons (Fsp3) is 0.938. The molecule has 0 radical (unpaired) electrons. The van der Waals surface area contributed by atoms with Gasteiger partial charge < -0.3 is 10.2 Å². The minimum absolute atomic E-state index is 0.422. The Labute approximate surface area is 147 Å². The van der Waals surface area contributed by atoms with E-state index >= 15 is 0 Å². The Bertz CT molecular complexity index is 403. The van der Waals surface area contributed by atoms with Crippen molar-refractivity contribution in [1.82, 2.24) is 15.1 Å². The Morgan fingerprint density at radius 2 is 1.83 bits per heavy atom. The third-order valence-corrected chi connectivity index (χ3v) is 5.86. The average Bonchev–Trinajstić information content (AvgIpc) is 2.58. The summed E-state index contributed by atoms with van der Waals surface area (Å²) in [5, 5.41) is 3.30. The largest absolute Gasteiger partial charge is 0.403 e. The molecule has 1 atom stereocenters. The van der Waals surface area contributed by atoms with Gasteiger partial charge in [-0.25, -0.2) is 0 Å².